The number of benzene rings is 2. The molecule has 0 aromatic heterocycles. The van der Waals surface area contributed by atoms with E-state index in [0.29, 0.717) is 0 Å². The van der Waals surface area contributed by atoms with Crippen LogP contribution >= 0.6 is 11.8 Å². The van der Waals surface area contributed by atoms with E-state index >= 15 is 0 Å². The van der Waals surface area contributed by atoms with E-state index in [1.54, 1.807) is 11.8 Å². The lowest BCUT2D eigenvalue weighted by Crippen LogP contribution is -2.10. The Morgan fingerprint density at radius 1 is 0.895 bits per heavy atom. The van der Waals surface area contributed by atoms with Gasteiger partial charge in [0.15, 0.2) is 0 Å². The molecule has 0 saturated heterocycles. The van der Waals surface area contributed by atoms with Crippen molar-refractivity contribution in [1.82, 2.24) is 0 Å². The molecule has 0 amide bonds. The van der Waals surface area contributed by atoms with Gasteiger partial charge in [0.05, 0.1) is 6.10 Å². The summed E-state index contributed by atoms with van der Waals surface area (Å²) >= 11 is 1.72. The lowest BCUT2D eigenvalue weighted by Gasteiger charge is -2.10. The number of hydrogen-bond acceptors (Lipinski definition) is 2. The van der Waals surface area contributed by atoms with Gasteiger partial charge in [-0.05, 0) is 37.0 Å². The van der Waals surface area contributed by atoms with Gasteiger partial charge in [-0.2, -0.15) is 0 Å². The topological polar surface area (TPSA) is 20.2 Å². The maximum atomic E-state index is 9.97. The van der Waals surface area contributed by atoms with E-state index in [1.807, 2.05) is 24.3 Å². The van der Waals surface area contributed by atoms with Gasteiger partial charge in [0.2, 0.25) is 0 Å². The molecule has 0 aliphatic rings. The van der Waals surface area contributed by atoms with E-state index in [0.717, 1.165) is 25.0 Å². The molecular weight excluding hydrogens is 252 g/mol. The Morgan fingerprint density at radius 3 is 2.21 bits per heavy atom. The fraction of sp³-hybridized carbons (Fsp3) is 0.294. The number of hydrogen-bond donors (Lipinski definition) is 1. The van der Waals surface area contributed by atoms with E-state index in [4.69, 9.17) is 0 Å². The van der Waals surface area contributed by atoms with Crippen LogP contribution in [0.1, 0.15) is 18.4 Å². The molecule has 100 valence electrons. The first kappa shape index (κ1) is 14.2. The highest BCUT2D eigenvalue weighted by molar-refractivity contribution is 7.99. The Kier molecular flexibility index (Phi) is 5.99. The van der Waals surface area contributed by atoms with Gasteiger partial charge in [-0.3, -0.25) is 0 Å². The number of thioether (sulfide) groups is 1. The first-order valence-corrected chi connectivity index (χ1v) is 7.73. The van der Waals surface area contributed by atoms with Crippen molar-refractivity contribution in [2.24, 2.45) is 0 Å². The van der Waals surface area contributed by atoms with Crippen molar-refractivity contribution in [2.45, 2.75) is 30.3 Å². The molecule has 0 bridgehead atoms. The maximum Gasteiger partial charge on any atom is 0.0634 e. The van der Waals surface area contributed by atoms with Crippen molar-refractivity contribution in [3.63, 3.8) is 0 Å². The quantitative estimate of drug-likeness (QED) is 0.764. The second-order valence-electron chi connectivity index (χ2n) is 4.66. The van der Waals surface area contributed by atoms with Crippen LogP contribution in [0.3, 0.4) is 0 Å². The van der Waals surface area contributed by atoms with E-state index in [1.165, 1.54) is 10.5 Å². The molecule has 2 rings (SSSR count). The Hall–Kier alpha value is -1.25. The van der Waals surface area contributed by atoms with Gasteiger partial charge in [0, 0.05) is 10.6 Å². The van der Waals surface area contributed by atoms with E-state index in [9.17, 15) is 5.11 Å². The number of rotatable bonds is 7. The predicted octanol–water partition coefficient (Wildman–Crippen LogP) is 4.16. The van der Waals surface area contributed by atoms with Crippen molar-refractivity contribution in [2.75, 3.05) is 5.75 Å². The minimum absolute atomic E-state index is 0.214. The molecule has 0 spiro atoms. The maximum absolute atomic E-state index is 9.97. The molecular formula is C17H20OS. The molecule has 1 atom stereocenters. The molecule has 0 fully saturated rings. The van der Waals surface area contributed by atoms with Gasteiger partial charge >= 0.3 is 0 Å². The molecule has 0 radical (unpaired) electrons. The standard InChI is InChI=1S/C17H20OS/c18-16(14-19-17-12-5-2-6-13-17)11-7-10-15-8-3-1-4-9-15/h1-6,8-9,12-13,16,18H,7,10-11,14H2/t16-/m0/s1. The summed E-state index contributed by atoms with van der Waals surface area (Å²) in [5.74, 6) is 0.777. The van der Waals surface area contributed by atoms with E-state index in [-0.39, 0.29) is 6.10 Å². The van der Waals surface area contributed by atoms with Gasteiger partial charge < -0.3 is 5.11 Å². The normalized spacial score (nSPS) is 12.3. The van der Waals surface area contributed by atoms with Crippen molar-refractivity contribution < 1.29 is 5.11 Å². The average molecular weight is 272 g/mol. The summed E-state index contributed by atoms with van der Waals surface area (Å²) in [6, 6.07) is 20.7. The van der Waals surface area contributed by atoms with Crippen LogP contribution in [0.25, 0.3) is 0 Å². The molecule has 0 unspecified atom stereocenters. The number of aryl methyl sites for hydroxylation is 1. The van der Waals surface area contributed by atoms with Crippen LogP contribution in [0.15, 0.2) is 65.6 Å². The third-order valence-corrected chi connectivity index (χ3v) is 4.19. The van der Waals surface area contributed by atoms with Crippen molar-refractivity contribution in [1.29, 1.82) is 0 Å². The monoisotopic (exact) mass is 272 g/mol. The highest BCUT2D eigenvalue weighted by Gasteiger charge is 2.05. The number of aliphatic hydroxyl groups is 1. The summed E-state index contributed by atoms with van der Waals surface area (Å²) < 4.78 is 0. The van der Waals surface area contributed by atoms with Crippen molar-refractivity contribution >= 4 is 11.8 Å². The van der Waals surface area contributed by atoms with Crippen LogP contribution < -0.4 is 0 Å². The third-order valence-electron chi connectivity index (χ3n) is 3.03. The fourth-order valence-corrected chi connectivity index (χ4v) is 2.88. The molecule has 19 heavy (non-hydrogen) atoms. The minimum Gasteiger partial charge on any atom is -0.392 e. The lowest BCUT2D eigenvalue weighted by molar-refractivity contribution is 0.186. The SMILES string of the molecule is O[C@@H](CCCc1ccccc1)CSc1ccccc1. The minimum atomic E-state index is -0.214. The molecule has 0 aliphatic carbocycles. The second-order valence-corrected chi connectivity index (χ2v) is 5.75. The smallest absolute Gasteiger partial charge is 0.0634 e. The fourth-order valence-electron chi connectivity index (χ4n) is 1.98. The molecule has 2 heteroatoms. The van der Waals surface area contributed by atoms with Gasteiger partial charge in [-0.25, -0.2) is 0 Å². The highest BCUT2D eigenvalue weighted by Crippen LogP contribution is 2.19. The van der Waals surface area contributed by atoms with Crippen LogP contribution in [0.5, 0.6) is 0 Å². The summed E-state index contributed by atoms with van der Waals surface area (Å²) in [7, 11) is 0. The zero-order valence-corrected chi connectivity index (χ0v) is 11.9. The summed E-state index contributed by atoms with van der Waals surface area (Å²) in [4.78, 5) is 1.23. The van der Waals surface area contributed by atoms with Crippen LogP contribution in [-0.2, 0) is 6.42 Å². The number of aliphatic hydroxyl groups excluding tert-OH is 1. The lowest BCUT2D eigenvalue weighted by atomic mass is 10.1. The van der Waals surface area contributed by atoms with Crippen LogP contribution in [0.2, 0.25) is 0 Å². The zero-order valence-electron chi connectivity index (χ0n) is 11.0. The first-order valence-electron chi connectivity index (χ1n) is 6.74. The van der Waals surface area contributed by atoms with Crippen molar-refractivity contribution in [3.8, 4) is 0 Å². The Labute approximate surface area is 119 Å². The molecule has 2 aromatic rings. The molecule has 0 aliphatic heterocycles. The molecule has 0 saturated carbocycles. The summed E-state index contributed by atoms with van der Waals surface area (Å²) in [5, 5.41) is 9.97. The van der Waals surface area contributed by atoms with E-state index < -0.39 is 0 Å². The first-order chi connectivity index (χ1) is 9.34. The van der Waals surface area contributed by atoms with Crippen LogP contribution in [0, 0.1) is 0 Å². The molecule has 1 nitrogen and oxygen atoms in total. The summed E-state index contributed by atoms with van der Waals surface area (Å²) in [6.45, 7) is 0. The zero-order chi connectivity index (χ0) is 13.3. The second kappa shape index (κ2) is 8.03. The third kappa shape index (κ3) is 5.50. The van der Waals surface area contributed by atoms with Crippen LogP contribution in [0.4, 0.5) is 0 Å². The highest BCUT2D eigenvalue weighted by atomic mass is 32.2. The summed E-state index contributed by atoms with van der Waals surface area (Å²) in [6.07, 6.45) is 2.75. The van der Waals surface area contributed by atoms with Gasteiger partial charge in [-0.15, -0.1) is 11.8 Å². The molecule has 1 N–H and O–H groups in total. The van der Waals surface area contributed by atoms with Crippen LogP contribution in [-0.4, -0.2) is 17.0 Å². The Balaban J connectivity index is 1.64. The van der Waals surface area contributed by atoms with Crippen molar-refractivity contribution in [3.05, 3.63) is 66.2 Å². The van der Waals surface area contributed by atoms with Gasteiger partial charge in [0.25, 0.3) is 0 Å². The molecule has 0 heterocycles. The average Bonchev–Trinajstić information content (AvgIpc) is 2.47. The Morgan fingerprint density at radius 2 is 1.53 bits per heavy atom. The molecule has 2 aromatic carbocycles. The van der Waals surface area contributed by atoms with Gasteiger partial charge in [0.1, 0.15) is 0 Å². The summed E-state index contributed by atoms with van der Waals surface area (Å²) in [5.41, 5.74) is 1.35. The predicted molar refractivity (Wildman–Crippen MR) is 82.6 cm³/mol. The van der Waals surface area contributed by atoms with Gasteiger partial charge in [-0.1, -0.05) is 48.5 Å². The van der Waals surface area contributed by atoms with E-state index in [2.05, 4.69) is 36.4 Å². The Bertz CT molecular complexity index is 455. The largest absolute Gasteiger partial charge is 0.392 e.